The third kappa shape index (κ3) is 1.86. The second kappa shape index (κ2) is 4.71. The molecule has 1 aliphatic rings. The molecule has 20 heavy (non-hydrogen) atoms. The van der Waals surface area contributed by atoms with Gasteiger partial charge in [0.2, 0.25) is 0 Å². The van der Waals surface area contributed by atoms with E-state index in [4.69, 9.17) is 33.7 Å². The molecular weight excluding hydrogens is 307 g/mol. The quantitative estimate of drug-likeness (QED) is 0.687. The van der Waals surface area contributed by atoms with E-state index < -0.39 is 22.6 Å². The van der Waals surface area contributed by atoms with E-state index in [1.54, 1.807) is 12.1 Å². The van der Waals surface area contributed by atoms with Crippen LogP contribution >= 0.6 is 23.2 Å². The Balaban J connectivity index is 2.10. The molecule has 0 saturated carbocycles. The Bertz CT molecular complexity index is 648. The minimum Gasteiger partial charge on any atom is -0.394 e. The summed E-state index contributed by atoms with van der Waals surface area (Å²) in [7, 11) is 0. The van der Waals surface area contributed by atoms with Gasteiger partial charge in [-0.3, -0.25) is 0 Å². The van der Waals surface area contributed by atoms with Crippen LogP contribution in [0.2, 0.25) is 0 Å². The summed E-state index contributed by atoms with van der Waals surface area (Å²) in [5, 5.41) is 23.3. The second-order valence-electron chi connectivity index (χ2n) is 4.56. The first-order valence-corrected chi connectivity index (χ1v) is 6.62. The Hall–Kier alpha value is -1.12. The van der Waals surface area contributed by atoms with Crippen molar-refractivity contribution in [3.8, 4) is 0 Å². The zero-order chi connectivity index (χ0) is 14.5. The average Bonchev–Trinajstić information content (AvgIpc) is 2.92. The number of aliphatic hydroxyl groups is 2. The molecule has 3 atom stereocenters. The van der Waals surface area contributed by atoms with Crippen LogP contribution in [0.25, 0.3) is 5.52 Å². The van der Waals surface area contributed by atoms with E-state index in [1.807, 2.05) is 0 Å². The van der Waals surface area contributed by atoms with E-state index in [2.05, 4.69) is 10.1 Å². The van der Waals surface area contributed by atoms with Crippen molar-refractivity contribution in [2.75, 3.05) is 12.3 Å². The van der Waals surface area contributed by atoms with Gasteiger partial charge in [0, 0.05) is 0 Å². The van der Waals surface area contributed by atoms with Crippen molar-refractivity contribution in [3.05, 3.63) is 24.2 Å². The molecule has 108 valence electrons. The van der Waals surface area contributed by atoms with Crippen LogP contribution in [0.4, 0.5) is 5.82 Å². The summed E-state index contributed by atoms with van der Waals surface area (Å²) in [4.78, 5) is 3.88. The Morgan fingerprint density at radius 3 is 2.85 bits per heavy atom. The lowest BCUT2D eigenvalue weighted by molar-refractivity contribution is -0.0239. The molecule has 1 fully saturated rings. The molecule has 3 heterocycles. The third-order valence-corrected chi connectivity index (χ3v) is 4.21. The molecule has 1 saturated heterocycles. The fourth-order valence-electron chi connectivity index (χ4n) is 2.32. The van der Waals surface area contributed by atoms with Gasteiger partial charge in [-0.25, -0.2) is 9.50 Å². The molecular formula is C11H12Cl2N4O3. The van der Waals surface area contributed by atoms with Crippen LogP contribution < -0.4 is 5.73 Å². The summed E-state index contributed by atoms with van der Waals surface area (Å²) >= 11 is 12.4. The second-order valence-corrected chi connectivity index (χ2v) is 6.00. The number of alkyl halides is 2. The third-order valence-electron chi connectivity index (χ3n) is 3.37. The summed E-state index contributed by atoms with van der Waals surface area (Å²) in [5.74, 6) is 0.304. The minimum atomic E-state index is -1.60. The number of anilines is 1. The van der Waals surface area contributed by atoms with E-state index in [0.717, 1.165) is 0 Å². The van der Waals surface area contributed by atoms with Crippen molar-refractivity contribution in [2.45, 2.75) is 22.6 Å². The molecule has 7 nitrogen and oxygen atoms in total. The van der Waals surface area contributed by atoms with Gasteiger partial charge < -0.3 is 20.7 Å². The lowest BCUT2D eigenvalue weighted by Crippen LogP contribution is -2.36. The Kier molecular flexibility index (Phi) is 3.26. The van der Waals surface area contributed by atoms with E-state index in [0.29, 0.717) is 17.0 Å². The summed E-state index contributed by atoms with van der Waals surface area (Å²) in [6, 6.07) is 3.40. The molecule has 4 N–H and O–H groups in total. The highest BCUT2D eigenvalue weighted by Crippen LogP contribution is 2.49. The molecule has 2 aromatic rings. The first-order valence-electron chi connectivity index (χ1n) is 5.87. The maximum Gasteiger partial charge on any atom is 0.178 e. The molecule has 0 aromatic carbocycles. The van der Waals surface area contributed by atoms with E-state index in [-0.39, 0.29) is 6.61 Å². The van der Waals surface area contributed by atoms with Crippen LogP contribution in [-0.2, 0) is 4.74 Å². The highest BCUT2D eigenvalue weighted by molar-refractivity contribution is 6.49. The Morgan fingerprint density at radius 2 is 2.20 bits per heavy atom. The van der Waals surface area contributed by atoms with Crippen LogP contribution in [0, 0.1) is 0 Å². The highest BCUT2D eigenvalue weighted by atomic mass is 35.5. The number of hydrogen-bond donors (Lipinski definition) is 3. The lowest BCUT2D eigenvalue weighted by atomic mass is 10.1. The summed E-state index contributed by atoms with van der Waals surface area (Å²) in [5.41, 5.74) is 6.85. The van der Waals surface area contributed by atoms with Gasteiger partial charge in [0.1, 0.15) is 30.2 Å². The smallest absolute Gasteiger partial charge is 0.178 e. The maximum absolute atomic E-state index is 10.00. The number of nitrogen functional groups attached to an aromatic ring is 1. The van der Waals surface area contributed by atoms with Gasteiger partial charge >= 0.3 is 0 Å². The number of aliphatic hydroxyl groups excluding tert-OH is 2. The van der Waals surface area contributed by atoms with Crippen molar-refractivity contribution >= 4 is 34.5 Å². The number of rotatable bonds is 2. The predicted molar refractivity (Wildman–Crippen MR) is 72.5 cm³/mol. The predicted octanol–water partition coefficient (Wildman–Crippen LogP) is 0.278. The monoisotopic (exact) mass is 318 g/mol. The number of nitrogens with two attached hydrogens (primary N) is 1. The van der Waals surface area contributed by atoms with E-state index >= 15 is 0 Å². The van der Waals surface area contributed by atoms with Crippen LogP contribution in [0.3, 0.4) is 0 Å². The molecule has 1 aliphatic heterocycles. The standard InChI is InChI=1S/C11H12Cl2N4O3/c12-11(13)8(19)7(3-18)20-9(11)5-1-2-6-10(14)15-4-16-17(5)6/h1-2,4,7-9,18-19H,3H2,(H2,14,15,16)/t7-,8?,9+/m1/s1. The number of fused-ring (bicyclic) bond motifs is 1. The van der Waals surface area contributed by atoms with Crippen molar-refractivity contribution < 1.29 is 14.9 Å². The first-order chi connectivity index (χ1) is 9.46. The maximum atomic E-state index is 10.00. The van der Waals surface area contributed by atoms with Crippen LogP contribution in [0.1, 0.15) is 11.8 Å². The van der Waals surface area contributed by atoms with Gasteiger partial charge in [-0.15, -0.1) is 0 Å². The average molecular weight is 319 g/mol. The molecule has 0 amide bonds. The van der Waals surface area contributed by atoms with Crippen LogP contribution in [-0.4, -0.2) is 48.0 Å². The van der Waals surface area contributed by atoms with Crippen LogP contribution in [0.15, 0.2) is 18.5 Å². The number of halogens is 2. The van der Waals surface area contributed by atoms with Gasteiger partial charge in [-0.2, -0.15) is 5.10 Å². The van der Waals surface area contributed by atoms with Gasteiger partial charge in [0.05, 0.1) is 12.3 Å². The van der Waals surface area contributed by atoms with Crippen molar-refractivity contribution in [1.29, 1.82) is 0 Å². The number of aromatic nitrogens is 3. The Labute approximate surface area is 123 Å². The van der Waals surface area contributed by atoms with Crippen LogP contribution in [0.5, 0.6) is 0 Å². The zero-order valence-corrected chi connectivity index (χ0v) is 11.7. The SMILES string of the molecule is Nc1ncnn2c([C@@H]3O[C@H](CO)C(O)C3(Cl)Cl)ccc12. The number of nitrogens with zero attached hydrogens (tertiary/aromatic N) is 3. The normalized spacial score (nSPS) is 29.1. The van der Waals surface area contributed by atoms with Gasteiger partial charge in [0.25, 0.3) is 0 Å². The lowest BCUT2D eigenvalue weighted by Gasteiger charge is -2.22. The van der Waals surface area contributed by atoms with Crippen molar-refractivity contribution in [2.24, 2.45) is 0 Å². The highest BCUT2D eigenvalue weighted by Gasteiger charge is 2.55. The molecule has 0 aliphatic carbocycles. The van der Waals surface area contributed by atoms with E-state index in [9.17, 15) is 10.2 Å². The summed E-state index contributed by atoms with van der Waals surface area (Å²) in [6.45, 7) is -0.390. The topological polar surface area (TPSA) is 106 Å². The molecule has 1 unspecified atom stereocenters. The Morgan fingerprint density at radius 1 is 1.45 bits per heavy atom. The molecule has 0 bridgehead atoms. The van der Waals surface area contributed by atoms with Gasteiger partial charge in [-0.05, 0) is 12.1 Å². The first kappa shape index (κ1) is 13.8. The number of hydrogen-bond acceptors (Lipinski definition) is 6. The molecule has 2 aromatic heterocycles. The molecule has 9 heteroatoms. The summed E-state index contributed by atoms with van der Waals surface area (Å²) < 4.78 is 5.45. The fraction of sp³-hybridized carbons (Fsp3) is 0.455. The van der Waals surface area contributed by atoms with E-state index in [1.165, 1.54) is 10.8 Å². The molecule has 0 spiro atoms. The minimum absolute atomic E-state index is 0.304. The van der Waals surface area contributed by atoms with Gasteiger partial charge in [0.15, 0.2) is 10.2 Å². The van der Waals surface area contributed by atoms with Crippen molar-refractivity contribution in [1.82, 2.24) is 14.6 Å². The fourth-order valence-corrected chi connectivity index (χ4v) is 2.93. The van der Waals surface area contributed by atoms with Gasteiger partial charge in [-0.1, -0.05) is 23.2 Å². The zero-order valence-electron chi connectivity index (χ0n) is 10.1. The largest absolute Gasteiger partial charge is 0.394 e. The molecule has 0 radical (unpaired) electrons. The number of ether oxygens (including phenoxy) is 1. The van der Waals surface area contributed by atoms with Crippen molar-refractivity contribution in [3.63, 3.8) is 0 Å². The summed E-state index contributed by atoms with van der Waals surface area (Å²) in [6.07, 6.45) is -1.63. The molecule has 3 rings (SSSR count).